The van der Waals surface area contributed by atoms with Crippen molar-refractivity contribution in [2.24, 2.45) is 23.2 Å². The number of nitrogens with one attached hydrogen (secondary N) is 2. The Morgan fingerprint density at radius 2 is 1.72 bits per heavy atom. The summed E-state index contributed by atoms with van der Waals surface area (Å²) in [6, 6.07) is 12.5. The molecule has 0 aliphatic heterocycles. The molecule has 1 aromatic heterocycles. The summed E-state index contributed by atoms with van der Waals surface area (Å²) in [5, 5.41) is 12.3. The molecule has 186 valence electrons. The summed E-state index contributed by atoms with van der Waals surface area (Å²) in [5.41, 5.74) is 2.09. The molecule has 3 N–H and O–H groups in total. The van der Waals surface area contributed by atoms with E-state index in [4.69, 9.17) is 0 Å². The van der Waals surface area contributed by atoms with Gasteiger partial charge in [0.2, 0.25) is 0 Å². The van der Waals surface area contributed by atoms with Crippen LogP contribution in [-0.2, 0) is 6.42 Å². The van der Waals surface area contributed by atoms with Gasteiger partial charge in [-0.3, -0.25) is 4.79 Å². The Kier molecular flexibility index (Phi) is 5.66. The predicted octanol–water partition coefficient (Wildman–Crippen LogP) is 6.32. The van der Waals surface area contributed by atoms with Crippen molar-refractivity contribution in [2.75, 3.05) is 5.32 Å². The van der Waals surface area contributed by atoms with Crippen molar-refractivity contribution in [1.29, 1.82) is 0 Å². The number of H-pyrrole nitrogens is 1. The van der Waals surface area contributed by atoms with Gasteiger partial charge in [-0.2, -0.15) is 0 Å². The summed E-state index contributed by atoms with van der Waals surface area (Å²) in [5.74, 6) is 1.01. The van der Waals surface area contributed by atoms with E-state index in [0.717, 1.165) is 29.9 Å². The molecule has 36 heavy (non-hydrogen) atoms. The van der Waals surface area contributed by atoms with E-state index in [2.05, 4.69) is 15.3 Å². The molecular formula is C29H30FN3O3. The van der Waals surface area contributed by atoms with Crippen molar-refractivity contribution in [3.05, 3.63) is 71.3 Å². The monoisotopic (exact) mass is 487 g/mol. The minimum absolute atomic E-state index is 0.0156. The Bertz CT molecular complexity index is 1300. The van der Waals surface area contributed by atoms with E-state index in [-0.39, 0.29) is 22.8 Å². The fraction of sp³-hybridized carbons (Fsp3) is 0.414. The molecule has 0 spiro atoms. The van der Waals surface area contributed by atoms with E-state index >= 15 is 0 Å². The second-order valence-electron chi connectivity index (χ2n) is 11.1. The number of rotatable bonds is 7. The van der Waals surface area contributed by atoms with Crippen LogP contribution in [0.15, 0.2) is 48.5 Å². The Morgan fingerprint density at radius 3 is 2.39 bits per heavy atom. The van der Waals surface area contributed by atoms with E-state index in [1.54, 1.807) is 30.3 Å². The molecule has 7 rings (SSSR count). The number of imidazole rings is 1. The van der Waals surface area contributed by atoms with E-state index < -0.39 is 11.9 Å². The molecular weight excluding hydrogens is 457 g/mol. The third kappa shape index (κ3) is 4.31. The first-order chi connectivity index (χ1) is 17.4. The lowest BCUT2D eigenvalue weighted by atomic mass is 9.48. The third-order valence-corrected chi connectivity index (χ3v) is 8.57. The average molecular weight is 488 g/mol. The van der Waals surface area contributed by atoms with Crippen LogP contribution in [0, 0.1) is 29.0 Å². The number of aryl methyl sites for hydroxylation is 1. The van der Waals surface area contributed by atoms with E-state index in [0.29, 0.717) is 23.2 Å². The van der Waals surface area contributed by atoms with Crippen LogP contribution in [0.1, 0.15) is 71.5 Å². The van der Waals surface area contributed by atoms with E-state index in [1.165, 1.54) is 56.7 Å². The second kappa shape index (κ2) is 8.87. The second-order valence-corrected chi connectivity index (χ2v) is 11.1. The minimum Gasteiger partial charge on any atom is -0.478 e. The largest absolute Gasteiger partial charge is 0.478 e. The molecule has 4 aliphatic rings. The number of para-hydroxylation sites is 1. The molecule has 0 unspecified atom stereocenters. The van der Waals surface area contributed by atoms with Crippen LogP contribution >= 0.6 is 0 Å². The highest BCUT2D eigenvalue weighted by molar-refractivity contribution is 6.07. The smallest absolute Gasteiger partial charge is 0.337 e. The Balaban J connectivity index is 1.30. The van der Waals surface area contributed by atoms with Gasteiger partial charge in [-0.1, -0.05) is 24.3 Å². The quantitative estimate of drug-likeness (QED) is 0.364. The van der Waals surface area contributed by atoms with Crippen LogP contribution in [0.4, 0.5) is 10.1 Å². The molecule has 4 fully saturated rings. The number of carboxylic acids is 1. The predicted molar refractivity (Wildman–Crippen MR) is 134 cm³/mol. The van der Waals surface area contributed by atoms with Crippen molar-refractivity contribution < 1.29 is 19.1 Å². The first-order valence-corrected chi connectivity index (χ1v) is 12.9. The zero-order chi connectivity index (χ0) is 24.9. The lowest BCUT2D eigenvalue weighted by Gasteiger charge is -2.57. The van der Waals surface area contributed by atoms with Crippen molar-refractivity contribution in [2.45, 2.75) is 51.4 Å². The van der Waals surface area contributed by atoms with Crippen LogP contribution in [0.25, 0.3) is 11.4 Å². The highest BCUT2D eigenvalue weighted by atomic mass is 19.1. The molecule has 4 saturated carbocycles. The van der Waals surface area contributed by atoms with Gasteiger partial charge < -0.3 is 15.4 Å². The van der Waals surface area contributed by atoms with Crippen LogP contribution in [-0.4, -0.2) is 27.0 Å². The molecule has 7 heteroatoms. The molecule has 1 amide bonds. The van der Waals surface area contributed by atoms with Crippen LogP contribution in [0.5, 0.6) is 0 Å². The summed E-state index contributed by atoms with van der Waals surface area (Å²) < 4.78 is 13.9. The average Bonchev–Trinajstić information content (AvgIpc) is 3.27. The highest BCUT2D eigenvalue weighted by Gasteiger charge is 2.50. The lowest BCUT2D eigenvalue weighted by Crippen LogP contribution is -2.46. The maximum atomic E-state index is 13.9. The number of aromatic carboxylic acids is 1. The van der Waals surface area contributed by atoms with Crippen molar-refractivity contribution in [3.63, 3.8) is 0 Å². The Hall–Kier alpha value is -3.48. The number of carbonyl (C=O) groups is 2. The standard InChI is InChI=1S/C29H30FN3O3/c30-21-5-3-4-20(13-21)26-31-24(8-9-29-14-17-10-18(15-29)12-19(11-17)16-29)25(33-26)27(34)32-23-7-2-1-6-22(23)28(35)36/h1-7,13,17-19H,8-12,14-16H2,(H,31,33)(H,32,34)(H,35,36). The van der Waals surface area contributed by atoms with Crippen LogP contribution < -0.4 is 5.32 Å². The number of carbonyl (C=O) groups excluding carboxylic acids is 1. The molecule has 0 atom stereocenters. The minimum atomic E-state index is -1.12. The van der Waals surface area contributed by atoms with Gasteiger partial charge in [-0.15, -0.1) is 0 Å². The number of amides is 1. The maximum Gasteiger partial charge on any atom is 0.337 e. The summed E-state index contributed by atoms with van der Waals surface area (Å²) in [4.78, 5) is 32.9. The molecule has 4 aliphatic carbocycles. The number of benzene rings is 2. The van der Waals surface area contributed by atoms with Gasteiger partial charge in [-0.25, -0.2) is 14.2 Å². The summed E-state index contributed by atoms with van der Waals surface area (Å²) in [7, 11) is 0. The number of halogens is 1. The SMILES string of the molecule is O=C(O)c1ccccc1NC(=O)c1nc(-c2cccc(F)c2)[nH]c1CCC12CC3CC(CC(C3)C1)C2. The molecule has 0 saturated heterocycles. The number of hydrogen-bond donors (Lipinski definition) is 3. The summed E-state index contributed by atoms with van der Waals surface area (Å²) in [6.45, 7) is 0. The normalized spacial score (nSPS) is 26.2. The number of aromatic amines is 1. The molecule has 4 bridgehead atoms. The Labute approximate surface area is 209 Å². The molecule has 2 aromatic carbocycles. The maximum absolute atomic E-state index is 13.9. The van der Waals surface area contributed by atoms with Crippen molar-refractivity contribution >= 4 is 17.6 Å². The van der Waals surface area contributed by atoms with E-state index in [9.17, 15) is 19.1 Å². The zero-order valence-electron chi connectivity index (χ0n) is 20.1. The van der Waals surface area contributed by atoms with Gasteiger partial charge in [0.25, 0.3) is 5.91 Å². The number of hydrogen-bond acceptors (Lipinski definition) is 3. The van der Waals surface area contributed by atoms with Crippen molar-refractivity contribution in [3.8, 4) is 11.4 Å². The summed E-state index contributed by atoms with van der Waals surface area (Å²) >= 11 is 0. The molecule has 1 heterocycles. The van der Waals surface area contributed by atoms with Gasteiger partial charge in [0.1, 0.15) is 17.3 Å². The van der Waals surface area contributed by atoms with Crippen LogP contribution in [0.3, 0.4) is 0 Å². The van der Waals surface area contributed by atoms with Gasteiger partial charge in [0, 0.05) is 11.3 Å². The fourth-order valence-corrected chi connectivity index (χ4v) is 7.50. The Morgan fingerprint density at radius 1 is 1.03 bits per heavy atom. The molecule has 3 aromatic rings. The van der Waals surface area contributed by atoms with Gasteiger partial charge in [0.05, 0.1) is 11.3 Å². The topological polar surface area (TPSA) is 95.1 Å². The van der Waals surface area contributed by atoms with Crippen molar-refractivity contribution in [1.82, 2.24) is 9.97 Å². The number of anilines is 1. The number of nitrogens with zero attached hydrogens (tertiary/aromatic N) is 1. The number of carboxylic acid groups (broad SMARTS) is 1. The molecule has 6 nitrogen and oxygen atoms in total. The van der Waals surface area contributed by atoms with Crippen LogP contribution in [0.2, 0.25) is 0 Å². The van der Waals surface area contributed by atoms with Gasteiger partial charge in [0.15, 0.2) is 0 Å². The van der Waals surface area contributed by atoms with E-state index in [1.807, 2.05) is 0 Å². The number of aromatic nitrogens is 2. The molecule has 0 radical (unpaired) electrons. The first-order valence-electron chi connectivity index (χ1n) is 12.9. The fourth-order valence-electron chi connectivity index (χ4n) is 7.50. The zero-order valence-corrected chi connectivity index (χ0v) is 20.1. The van der Waals surface area contributed by atoms with Gasteiger partial charge in [-0.05, 0) is 98.8 Å². The highest BCUT2D eigenvalue weighted by Crippen LogP contribution is 2.61. The van der Waals surface area contributed by atoms with Gasteiger partial charge >= 0.3 is 5.97 Å². The first kappa shape index (κ1) is 23.0. The summed E-state index contributed by atoms with van der Waals surface area (Å²) in [6.07, 6.45) is 9.63. The third-order valence-electron chi connectivity index (χ3n) is 8.57. The lowest BCUT2D eigenvalue weighted by molar-refractivity contribution is -0.0570.